The first-order chi connectivity index (χ1) is 15.9. The van der Waals surface area contributed by atoms with Gasteiger partial charge in [0.05, 0.1) is 34.4 Å². The maximum absolute atomic E-state index is 15.5. The van der Waals surface area contributed by atoms with Crippen LogP contribution < -0.4 is 21.4 Å². The van der Waals surface area contributed by atoms with Crippen molar-refractivity contribution in [1.82, 2.24) is 9.88 Å². The van der Waals surface area contributed by atoms with Gasteiger partial charge in [-0.25, -0.2) is 9.18 Å². The molecule has 13 heteroatoms. The van der Waals surface area contributed by atoms with Crippen LogP contribution in [0, 0.1) is 12.7 Å². The minimum atomic E-state index is -5.09. The number of carboxylic acids is 1. The topological polar surface area (TPSA) is 127 Å². The average molecular weight is 486 g/mol. The fourth-order valence-electron chi connectivity index (χ4n) is 4.53. The Labute approximate surface area is 190 Å². The summed E-state index contributed by atoms with van der Waals surface area (Å²) >= 11 is 0. The molecule has 1 saturated carbocycles. The number of carboxylic acid groups (broad SMARTS) is 1. The zero-order valence-corrected chi connectivity index (χ0v) is 18.2. The molecule has 1 saturated heterocycles. The number of aromatic nitrogens is 1. The van der Waals surface area contributed by atoms with Gasteiger partial charge in [-0.05, 0) is 25.3 Å². The molecule has 1 aromatic heterocycles. The Morgan fingerprint density at radius 3 is 2.44 bits per heavy atom. The quantitative estimate of drug-likeness (QED) is 0.436. The van der Waals surface area contributed by atoms with Gasteiger partial charge in [0.15, 0.2) is 5.82 Å². The molecule has 2 aliphatic rings. The molecule has 9 nitrogen and oxygen atoms in total. The number of hydrogen-bond donors (Lipinski definition) is 3. The highest BCUT2D eigenvalue weighted by atomic mass is 19.4. The van der Waals surface area contributed by atoms with E-state index >= 15 is 4.39 Å². The molecular formula is C21H22F4N4O5. The lowest BCUT2D eigenvalue weighted by Gasteiger charge is -2.25. The van der Waals surface area contributed by atoms with E-state index in [0.717, 1.165) is 12.8 Å². The van der Waals surface area contributed by atoms with Gasteiger partial charge in [0.25, 0.3) is 0 Å². The van der Waals surface area contributed by atoms with Crippen molar-refractivity contribution in [3.63, 3.8) is 0 Å². The number of carbonyl (C=O) groups is 2. The summed E-state index contributed by atoms with van der Waals surface area (Å²) in [5.74, 6) is -4.60. The third kappa shape index (κ3) is 3.83. The zero-order valence-electron chi connectivity index (χ0n) is 18.2. The fraction of sp³-hybridized carbons (Fsp3) is 0.476. The van der Waals surface area contributed by atoms with Crippen LogP contribution in [-0.2, 0) is 9.53 Å². The number of hydrogen-bond acceptors (Lipinski definition) is 6. The molecule has 0 radical (unpaired) electrons. The van der Waals surface area contributed by atoms with E-state index in [0.29, 0.717) is 0 Å². The molecule has 1 amide bonds. The second-order valence-electron chi connectivity index (χ2n) is 8.50. The van der Waals surface area contributed by atoms with Crippen molar-refractivity contribution < 1.29 is 37.0 Å². The third-order valence-electron chi connectivity index (χ3n) is 6.29. The number of nitrogens with two attached hydrogens (primary N) is 1. The monoisotopic (exact) mass is 486 g/mol. The molecular weight excluding hydrogens is 464 g/mol. The molecule has 0 bridgehead atoms. The Kier molecular flexibility index (Phi) is 5.70. The van der Waals surface area contributed by atoms with E-state index < -0.39 is 52.7 Å². The molecule has 1 aromatic carbocycles. The number of ether oxygens (including phenoxy) is 1. The Bertz CT molecular complexity index is 1250. The minimum Gasteiger partial charge on any atom is -0.477 e. The van der Waals surface area contributed by atoms with E-state index in [-0.39, 0.29) is 41.3 Å². The van der Waals surface area contributed by atoms with Gasteiger partial charge in [0, 0.05) is 32.4 Å². The molecule has 0 spiro atoms. The number of fused-ring (bicyclic) bond motifs is 1. The van der Waals surface area contributed by atoms with Crippen molar-refractivity contribution in [2.45, 2.75) is 44.1 Å². The van der Waals surface area contributed by atoms with Gasteiger partial charge in [-0.1, -0.05) is 0 Å². The first kappa shape index (κ1) is 23.8. The number of pyridine rings is 1. The van der Waals surface area contributed by atoms with E-state index in [1.807, 2.05) is 5.32 Å². The smallest absolute Gasteiger partial charge is 0.471 e. The van der Waals surface area contributed by atoms with Crippen LogP contribution in [0.4, 0.5) is 28.9 Å². The summed E-state index contributed by atoms with van der Waals surface area (Å²) in [6.45, 7) is 1.27. The van der Waals surface area contributed by atoms with Gasteiger partial charge in [0.1, 0.15) is 5.56 Å². The van der Waals surface area contributed by atoms with Crippen molar-refractivity contribution >= 4 is 34.2 Å². The first-order valence-electron chi connectivity index (χ1n) is 10.4. The molecule has 1 aliphatic heterocycles. The van der Waals surface area contributed by atoms with Crippen LogP contribution >= 0.6 is 0 Å². The van der Waals surface area contributed by atoms with Crippen LogP contribution in [0.15, 0.2) is 11.0 Å². The SMILES string of the molecule is CO[C@H]1CN(c2c(F)c(N)c3c(=O)c(C(=O)O)cn(C4CC4)c3c2C)C[C@H]1NC(=O)C(F)(F)F. The number of carbonyl (C=O) groups excluding carboxylic acids is 1. The number of alkyl halides is 3. The summed E-state index contributed by atoms with van der Waals surface area (Å²) in [4.78, 5) is 37.3. The van der Waals surface area contributed by atoms with Crippen molar-refractivity contribution in [3.05, 3.63) is 33.4 Å². The molecule has 184 valence electrons. The summed E-state index contributed by atoms with van der Waals surface area (Å²) in [5, 5.41) is 11.1. The van der Waals surface area contributed by atoms with E-state index in [9.17, 15) is 32.7 Å². The standard InChI is InChI=1S/C21H22F4N4O5/c1-8-16-13(18(30)10(19(31)32)5-29(16)9-3-4-9)15(26)14(22)17(8)28-6-11(12(7-28)34-2)27-20(33)21(23,24)25/h5,9,11-12H,3-4,6-7,26H2,1-2H3,(H,27,33)(H,31,32)/t11-,12+/m1/s1. The molecule has 2 aromatic rings. The number of rotatable bonds is 5. The predicted octanol–water partition coefficient (Wildman–Crippen LogP) is 1.95. The van der Waals surface area contributed by atoms with Gasteiger partial charge in [0.2, 0.25) is 5.43 Å². The predicted molar refractivity (Wildman–Crippen MR) is 114 cm³/mol. The van der Waals surface area contributed by atoms with Gasteiger partial charge < -0.3 is 30.4 Å². The Morgan fingerprint density at radius 2 is 1.91 bits per heavy atom. The van der Waals surface area contributed by atoms with Crippen molar-refractivity contribution in [1.29, 1.82) is 0 Å². The van der Waals surface area contributed by atoms with Crippen molar-refractivity contribution in [3.8, 4) is 0 Å². The lowest BCUT2D eigenvalue weighted by atomic mass is 10.0. The number of aromatic carboxylic acids is 1. The van der Waals surface area contributed by atoms with Crippen molar-refractivity contribution in [2.75, 3.05) is 30.8 Å². The van der Waals surface area contributed by atoms with E-state index in [1.54, 1.807) is 4.57 Å². The minimum absolute atomic E-state index is 0.0484. The number of amides is 1. The van der Waals surface area contributed by atoms with Gasteiger partial charge in [-0.15, -0.1) is 0 Å². The van der Waals surface area contributed by atoms with E-state index in [2.05, 4.69) is 0 Å². The van der Waals surface area contributed by atoms with Crippen LogP contribution in [-0.4, -0.2) is 60.1 Å². The van der Waals surface area contributed by atoms with Gasteiger partial charge in [-0.3, -0.25) is 9.59 Å². The second kappa shape index (κ2) is 8.15. The molecule has 2 heterocycles. The van der Waals surface area contributed by atoms with Crippen LogP contribution in [0.2, 0.25) is 0 Å². The van der Waals surface area contributed by atoms with E-state index in [4.69, 9.17) is 10.5 Å². The zero-order chi connectivity index (χ0) is 25.1. The molecule has 4 N–H and O–H groups in total. The summed E-state index contributed by atoms with van der Waals surface area (Å²) in [6, 6.07) is -1.18. The molecule has 4 rings (SSSR count). The number of nitrogen functional groups attached to an aromatic ring is 1. The largest absolute Gasteiger partial charge is 0.477 e. The van der Waals surface area contributed by atoms with Crippen LogP contribution in [0.3, 0.4) is 0 Å². The summed E-state index contributed by atoms with van der Waals surface area (Å²) in [7, 11) is 1.26. The lowest BCUT2D eigenvalue weighted by Crippen LogP contribution is -2.48. The van der Waals surface area contributed by atoms with E-state index in [1.165, 1.54) is 25.1 Å². The Balaban J connectivity index is 1.85. The number of anilines is 2. The average Bonchev–Trinajstić information content (AvgIpc) is 3.52. The molecule has 2 fully saturated rings. The summed E-state index contributed by atoms with van der Waals surface area (Å²) < 4.78 is 60.6. The molecule has 34 heavy (non-hydrogen) atoms. The highest BCUT2D eigenvalue weighted by Gasteiger charge is 2.44. The maximum atomic E-state index is 15.5. The number of aryl methyl sites for hydroxylation is 1. The molecule has 2 atom stereocenters. The highest BCUT2D eigenvalue weighted by molar-refractivity contribution is 6.01. The van der Waals surface area contributed by atoms with Crippen molar-refractivity contribution in [2.24, 2.45) is 0 Å². The van der Waals surface area contributed by atoms with Gasteiger partial charge in [-0.2, -0.15) is 13.2 Å². The highest BCUT2D eigenvalue weighted by Crippen LogP contribution is 2.42. The molecule has 1 aliphatic carbocycles. The maximum Gasteiger partial charge on any atom is 0.471 e. The summed E-state index contributed by atoms with van der Waals surface area (Å²) in [6.07, 6.45) is -3.30. The Hall–Kier alpha value is -3.35. The van der Waals surface area contributed by atoms with Crippen LogP contribution in [0.5, 0.6) is 0 Å². The second-order valence-corrected chi connectivity index (χ2v) is 8.50. The number of nitrogens with zero attached hydrogens (tertiary/aromatic N) is 2. The van der Waals surface area contributed by atoms with Crippen LogP contribution in [0.25, 0.3) is 10.9 Å². The Morgan fingerprint density at radius 1 is 1.26 bits per heavy atom. The number of methoxy groups -OCH3 is 1. The molecule has 0 unspecified atom stereocenters. The normalized spacial score (nSPS) is 20.7. The van der Waals surface area contributed by atoms with Gasteiger partial charge >= 0.3 is 18.1 Å². The number of halogens is 4. The first-order valence-corrected chi connectivity index (χ1v) is 10.4. The third-order valence-corrected chi connectivity index (χ3v) is 6.29. The lowest BCUT2D eigenvalue weighted by molar-refractivity contribution is -0.174. The summed E-state index contributed by atoms with van der Waals surface area (Å²) in [5.41, 5.74) is 4.49. The number of nitrogens with one attached hydrogen (secondary N) is 1. The fourth-order valence-corrected chi connectivity index (χ4v) is 4.53. The number of benzene rings is 1. The van der Waals surface area contributed by atoms with Crippen LogP contribution in [0.1, 0.15) is 34.8 Å².